The highest BCUT2D eigenvalue weighted by molar-refractivity contribution is 4.86. The summed E-state index contributed by atoms with van der Waals surface area (Å²) in [4.78, 5) is 0. The molecule has 1 atom stereocenters. The van der Waals surface area contributed by atoms with Crippen LogP contribution in [0.15, 0.2) is 12.2 Å². The summed E-state index contributed by atoms with van der Waals surface area (Å²) in [6.45, 7) is 7.01. The molecule has 180 valence electrons. The van der Waals surface area contributed by atoms with E-state index in [0.29, 0.717) is 0 Å². The fourth-order valence-corrected chi connectivity index (χ4v) is 4.48. The van der Waals surface area contributed by atoms with Crippen LogP contribution in [0.2, 0.25) is 0 Å². The normalized spacial score (nSPS) is 12.8. The molecular formula is C30H60. The van der Waals surface area contributed by atoms with Crippen molar-refractivity contribution < 1.29 is 0 Å². The predicted molar refractivity (Wildman–Crippen MR) is 140 cm³/mol. The van der Waals surface area contributed by atoms with E-state index in [2.05, 4.69) is 32.9 Å². The average Bonchev–Trinajstić information content (AvgIpc) is 2.75. The number of rotatable bonds is 25. The summed E-state index contributed by atoms with van der Waals surface area (Å²) in [5, 5.41) is 0. The van der Waals surface area contributed by atoms with Crippen LogP contribution in [0.1, 0.15) is 175 Å². The van der Waals surface area contributed by atoms with E-state index >= 15 is 0 Å². The first-order valence-corrected chi connectivity index (χ1v) is 14.5. The summed E-state index contributed by atoms with van der Waals surface area (Å²) in [6, 6.07) is 0. The van der Waals surface area contributed by atoms with Gasteiger partial charge in [-0.05, 0) is 25.2 Å². The van der Waals surface area contributed by atoms with Gasteiger partial charge >= 0.3 is 0 Å². The molecule has 0 aliphatic heterocycles. The van der Waals surface area contributed by atoms with E-state index < -0.39 is 0 Å². The summed E-state index contributed by atoms with van der Waals surface area (Å²) in [5.41, 5.74) is 0. The topological polar surface area (TPSA) is 0 Å². The lowest BCUT2D eigenvalue weighted by molar-refractivity contribution is 0.521. The molecule has 0 nitrogen and oxygen atoms in total. The van der Waals surface area contributed by atoms with Crippen molar-refractivity contribution in [1.29, 1.82) is 0 Å². The largest absolute Gasteiger partial charge is 0.0883 e. The predicted octanol–water partition coefficient (Wildman–Crippen LogP) is 11.6. The number of hydrogen-bond acceptors (Lipinski definition) is 0. The first-order valence-electron chi connectivity index (χ1n) is 14.5. The fourth-order valence-electron chi connectivity index (χ4n) is 4.48. The standard InChI is InChI=1S/C30H60/c1-4-6-8-10-12-14-16-18-20-22-24-26-28-30(3)29-27-25-23-21-19-17-15-13-11-9-7-5-2/h26,28,30H,4-25,27,29H2,1-3H3. The minimum absolute atomic E-state index is 0.788. The van der Waals surface area contributed by atoms with Gasteiger partial charge in [0.1, 0.15) is 0 Å². The minimum Gasteiger partial charge on any atom is -0.0883 e. The lowest BCUT2D eigenvalue weighted by Crippen LogP contribution is -1.90. The molecular weight excluding hydrogens is 360 g/mol. The molecule has 0 aromatic rings. The molecule has 0 spiro atoms. The maximum Gasteiger partial charge on any atom is -0.0262 e. The zero-order valence-electron chi connectivity index (χ0n) is 21.7. The van der Waals surface area contributed by atoms with Gasteiger partial charge in [-0.15, -0.1) is 0 Å². The van der Waals surface area contributed by atoms with Crippen molar-refractivity contribution in [2.75, 3.05) is 0 Å². The Morgan fingerprint density at radius 3 is 1.17 bits per heavy atom. The van der Waals surface area contributed by atoms with Crippen LogP contribution in [0.5, 0.6) is 0 Å². The molecule has 0 heteroatoms. The van der Waals surface area contributed by atoms with Gasteiger partial charge in [-0.3, -0.25) is 0 Å². The van der Waals surface area contributed by atoms with Crippen molar-refractivity contribution in [3.63, 3.8) is 0 Å². The van der Waals surface area contributed by atoms with E-state index in [9.17, 15) is 0 Å². The van der Waals surface area contributed by atoms with Crippen LogP contribution in [0.4, 0.5) is 0 Å². The van der Waals surface area contributed by atoms with Crippen LogP contribution in [0, 0.1) is 5.92 Å². The van der Waals surface area contributed by atoms with E-state index in [0.717, 1.165) is 5.92 Å². The van der Waals surface area contributed by atoms with E-state index in [-0.39, 0.29) is 0 Å². The van der Waals surface area contributed by atoms with Crippen LogP contribution in [0.25, 0.3) is 0 Å². The third kappa shape index (κ3) is 25.8. The van der Waals surface area contributed by atoms with Gasteiger partial charge in [-0.1, -0.05) is 168 Å². The Balaban J connectivity index is 3.22. The molecule has 0 amide bonds. The summed E-state index contributed by atoms with van der Waals surface area (Å²) in [5.74, 6) is 0.788. The van der Waals surface area contributed by atoms with Crippen LogP contribution in [-0.4, -0.2) is 0 Å². The molecule has 0 saturated heterocycles. The zero-order chi connectivity index (χ0) is 22.0. The summed E-state index contributed by atoms with van der Waals surface area (Å²) in [7, 11) is 0. The summed E-state index contributed by atoms with van der Waals surface area (Å²) < 4.78 is 0. The highest BCUT2D eigenvalue weighted by atomic mass is 14.0. The third-order valence-corrected chi connectivity index (χ3v) is 6.70. The van der Waals surface area contributed by atoms with E-state index in [4.69, 9.17) is 0 Å². The molecule has 0 aliphatic rings. The Kier molecular flexibility index (Phi) is 26.5. The molecule has 0 saturated carbocycles. The van der Waals surface area contributed by atoms with Crippen molar-refractivity contribution in [2.45, 2.75) is 175 Å². The summed E-state index contributed by atoms with van der Waals surface area (Å²) >= 11 is 0. The second-order valence-corrected chi connectivity index (χ2v) is 10.1. The molecule has 0 heterocycles. The van der Waals surface area contributed by atoms with Crippen molar-refractivity contribution in [1.82, 2.24) is 0 Å². The SMILES string of the molecule is CCCCCCCCCCCCC=CC(C)CCCCCCCCCCCCCC. The number of allylic oxidation sites excluding steroid dienone is 2. The number of hydrogen-bond donors (Lipinski definition) is 0. The second kappa shape index (κ2) is 26.8. The Morgan fingerprint density at radius 1 is 0.433 bits per heavy atom. The Labute approximate surface area is 193 Å². The van der Waals surface area contributed by atoms with Crippen molar-refractivity contribution >= 4 is 0 Å². The molecule has 0 fully saturated rings. The molecule has 0 radical (unpaired) electrons. The summed E-state index contributed by atoms with van der Waals surface area (Å²) in [6.07, 6.45) is 39.5. The van der Waals surface area contributed by atoms with Gasteiger partial charge in [0, 0.05) is 0 Å². The van der Waals surface area contributed by atoms with Crippen LogP contribution in [-0.2, 0) is 0 Å². The molecule has 0 aromatic heterocycles. The molecule has 0 rings (SSSR count). The van der Waals surface area contributed by atoms with Gasteiger partial charge < -0.3 is 0 Å². The minimum atomic E-state index is 0.788. The van der Waals surface area contributed by atoms with Crippen molar-refractivity contribution in [3.05, 3.63) is 12.2 Å². The first-order chi connectivity index (χ1) is 14.8. The second-order valence-electron chi connectivity index (χ2n) is 10.1. The average molecular weight is 421 g/mol. The van der Waals surface area contributed by atoms with Gasteiger partial charge in [-0.2, -0.15) is 0 Å². The van der Waals surface area contributed by atoms with Crippen LogP contribution >= 0.6 is 0 Å². The van der Waals surface area contributed by atoms with Gasteiger partial charge in [0.15, 0.2) is 0 Å². The quantitative estimate of drug-likeness (QED) is 0.102. The molecule has 30 heavy (non-hydrogen) atoms. The molecule has 0 aromatic carbocycles. The maximum absolute atomic E-state index is 2.49. The highest BCUT2D eigenvalue weighted by Crippen LogP contribution is 2.16. The van der Waals surface area contributed by atoms with Crippen molar-refractivity contribution in [3.8, 4) is 0 Å². The maximum atomic E-state index is 2.49. The molecule has 0 bridgehead atoms. The van der Waals surface area contributed by atoms with Gasteiger partial charge in [-0.25, -0.2) is 0 Å². The first kappa shape index (κ1) is 29.7. The van der Waals surface area contributed by atoms with Crippen LogP contribution in [0.3, 0.4) is 0 Å². The molecule has 0 N–H and O–H groups in total. The monoisotopic (exact) mass is 420 g/mol. The van der Waals surface area contributed by atoms with Crippen LogP contribution < -0.4 is 0 Å². The van der Waals surface area contributed by atoms with Crippen molar-refractivity contribution in [2.24, 2.45) is 5.92 Å². The Bertz CT molecular complexity index is 316. The van der Waals surface area contributed by atoms with Gasteiger partial charge in [0.2, 0.25) is 0 Å². The van der Waals surface area contributed by atoms with Gasteiger partial charge in [0.05, 0.1) is 0 Å². The lowest BCUT2D eigenvalue weighted by atomic mass is 10.00. The Hall–Kier alpha value is -0.260. The smallest absolute Gasteiger partial charge is 0.0262 e. The van der Waals surface area contributed by atoms with E-state index in [1.54, 1.807) is 0 Å². The highest BCUT2D eigenvalue weighted by Gasteiger charge is 1.98. The fraction of sp³-hybridized carbons (Fsp3) is 0.933. The zero-order valence-corrected chi connectivity index (χ0v) is 21.7. The molecule has 0 aliphatic carbocycles. The molecule has 1 unspecified atom stereocenters. The van der Waals surface area contributed by atoms with E-state index in [1.807, 2.05) is 0 Å². The lowest BCUT2D eigenvalue weighted by Gasteiger charge is -2.06. The van der Waals surface area contributed by atoms with Gasteiger partial charge in [0.25, 0.3) is 0 Å². The number of unbranched alkanes of at least 4 members (excludes halogenated alkanes) is 21. The Morgan fingerprint density at radius 2 is 0.767 bits per heavy atom. The van der Waals surface area contributed by atoms with E-state index in [1.165, 1.54) is 154 Å². The third-order valence-electron chi connectivity index (χ3n) is 6.70.